The molecule has 1 aliphatic rings. The van der Waals surface area contributed by atoms with Crippen molar-refractivity contribution in [2.24, 2.45) is 5.92 Å². The summed E-state index contributed by atoms with van der Waals surface area (Å²) in [5.41, 5.74) is 0.195. The average Bonchev–Trinajstić information content (AvgIpc) is 2.70. The molecular weight excluding hydrogens is 409 g/mol. The molecule has 1 fully saturated rings. The van der Waals surface area contributed by atoms with Crippen LogP contribution in [0, 0.1) is 5.92 Å². The number of esters is 1. The van der Waals surface area contributed by atoms with Gasteiger partial charge in [-0.3, -0.25) is 4.57 Å². The van der Waals surface area contributed by atoms with Crippen LogP contribution in [0.4, 0.5) is 0 Å². The van der Waals surface area contributed by atoms with E-state index in [0.29, 0.717) is 32.5 Å². The lowest BCUT2D eigenvalue weighted by atomic mass is 9.99. The summed E-state index contributed by atoms with van der Waals surface area (Å²) in [7, 11) is -3.11. The number of sulfonamides is 1. The third-order valence-electron chi connectivity index (χ3n) is 4.67. The molecule has 9 nitrogen and oxygen atoms in total. The fourth-order valence-electron chi connectivity index (χ4n) is 2.98. The zero-order chi connectivity index (χ0) is 20.9. The largest absolute Gasteiger partial charge is 0.492 e. The lowest BCUT2D eigenvalue weighted by Crippen LogP contribution is -2.39. The zero-order valence-electron chi connectivity index (χ0n) is 16.4. The molecule has 0 bridgehead atoms. The van der Waals surface area contributed by atoms with Crippen molar-refractivity contribution in [2.75, 3.05) is 47.3 Å². The number of hydrogen-bond donors (Lipinski definition) is 0. The standard InChI is InChI=1S/C17H26NO8PS/c1-23-17(19)14-5-6-15(16(11-14)27(20,24-2)25-3)26-12-13-7-9-18(10-8-13)28(4,21)22/h5-6,11,13H,7-10,12H2,1-4H3. The summed E-state index contributed by atoms with van der Waals surface area (Å²) in [6, 6.07) is 4.41. The molecule has 0 spiro atoms. The van der Waals surface area contributed by atoms with Gasteiger partial charge in [0.1, 0.15) is 11.1 Å². The van der Waals surface area contributed by atoms with Crippen LogP contribution in [-0.2, 0) is 28.4 Å². The molecular formula is C17H26NO8PS. The summed E-state index contributed by atoms with van der Waals surface area (Å²) in [4.78, 5) is 11.8. The van der Waals surface area contributed by atoms with Crippen molar-refractivity contribution in [3.63, 3.8) is 0 Å². The Morgan fingerprint density at radius 3 is 2.29 bits per heavy atom. The second-order valence-electron chi connectivity index (χ2n) is 6.45. The predicted octanol–water partition coefficient (Wildman–Crippen LogP) is 1.63. The van der Waals surface area contributed by atoms with E-state index in [0.717, 1.165) is 0 Å². The molecule has 0 amide bonds. The maximum absolute atomic E-state index is 12.9. The number of rotatable bonds is 8. The van der Waals surface area contributed by atoms with E-state index < -0.39 is 23.6 Å². The molecule has 0 radical (unpaired) electrons. The monoisotopic (exact) mass is 435 g/mol. The van der Waals surface area contributed by atoms with Crippen molar-refractivity contribution < 1.29 is 36.3 Å². The number of nitrogens with zero attached hydrogens (tertiary/aromatic N) is 1. The molecule has 0 atom stereocenters. The summed E-state index contributed by atoms with van der Waals surface area (Å²) in [5, 5.41) is 0.133. The molecule has 1 heterocycles. The van der Waals surface area contributed by atoms with Gasteiger partial charge in [0, 0.05) is 27.3 Å². The van der Waals surface area contributed by atoms with E-state index in [-0.39, 0.29) is 22.5 Å². The molecule has 1 saturated heterocycles. The zero-order valence-corrected chi connectivity index (χ0v) is 18.1. The van der Waals surface area contributed by atoms with E-state index in [1.165, 1.54) is 50.1 Å². The highest BCUT2D eigenvalue weighted by Crippen LogP contribution is 2.48. The first-order valence-electron chi connectivity index (χ1n) is 8.67. The minimum atomic E-state index is -3.67. The first-order valence-corrected chi connectivity index (χ1v) is 12.1. The summed E-state index contributed by atoms with van der Waals surface area (Å²) in [6.45, 7) is 1.20. The minimum absolute atomic E-state index is 0.133. The molecule has 0 N–H and O–H groups in total. The number of benzene rings is 1. The Morgan fingerprint density at radius 1 is 1.18 bits per heavy atom. The third kappa shape index (κ3) is 5.33. The van der Waals surface area contributed by atoms with Gasteiger partial charge >= 0.3 is 13.6 Å². The Balaban J connectivity index is 2.17. The molecule has 2 rings (SSSR count). The van der Waals surface area contributed by atoms with Crippen LogP contribution in [0.3, 0.4) is 0 Å². The molecule has 28 heavy (non-hydrogen) atoms. The van der Waals surface area contributed by atoms with Crippen molar-refractivity contribution in [1.29, 1.82) is 0 Å². The number of carbonyl (C=O) groups excluding carboxylic acids is 1. The van der Waals surface area contributed by atoms with Gasteiger partial charge in [0.15, 0.2) is 0 Å². The molecule has 158 valence electrons. The van der Waals surface area contributed by atoms with Crippen LogP contribution in [0.5, 0.6) is 5.75 Å². The van der Waals surface area contributed by atoms with Gasteiger partial charge in [-0.25, -0.2) is 17.5 Å². The van der Waals surface area contributed by atoms with Crippen LogP contribution in [0.25, 0.3) is 0 Å². The highest BCUT2D eigenvalue weighted by molar-refractivity contribution is 7.88. The van der Waals surface area contributed by atoms with E-state index in [4.69, 9.17) is 18.5 Å². The van der Waals surface area contributed by atoms with Gasteiger partial charge in [0.05, 0.1) is 25.5 Å². The smallest absolute Gasteiger partial charge is 0.364 e. The van der Waals surface area contributed by atoms with Crippen molar-refractivity contribution >= 4 is 28.9 Å². The molecule has 1 aliphatic heterocycles. The average molecular weight is 435 g/mol. The lowest BCUT2D eigenvalue weighted by molar-refractivity contribution is 0.0600. The fraction of sp³-hybridized carbons (Fsp3) is 0.588. The van der Waals surface area contributed by atoms with Crippen LogP contribution >= 0.6 is 7.60 Å². The molecule has 11 heteroatoms. The topological polar surface area (TPSA) is 108 Å². The summed E-state index contributed by atoms with van der Waals surface area (Å²) < 4.78 is 58.2. The van der Waals surface area contributed by atoms with Crippen LogP contribution in [-0.4, -0.2) is 66.0 Å². The quantitative estimate of drug-likeness (QED) is 0.448. The first-order chi connectivity index (χ1) is 13.1. The molecule has 0 aliphatic carbocycles. The molecule has 1 aromatic rings. The Labute approximate surface area is 165 Å². The van der Waals surface area contributed by atoms with E-state index in [9.17, 15) is 17.8 Å². The number of carbonyl (C=O) groups is 1. The second kappa shape index (κ2) is 9.37. The van der Waals surface area contributed by atoms with Crippen LogP contribution in [0.1, 0.15) is 23.2 Å². The maximum Gasteiger partial charge on any atom is 0.364 e. The lowest BCUT2D eigenvalue weighted by Gasteiger charge is -2.30. The SMILES string of the molecule is COC(=O)c1ccc(OCC2CCN(S(C)(=O)=O)CC2)c(P(=O)(OC)OC)c1. The molecule has 0 aromatic heterocycles. The summed E-state index contributed by atoms with van der Waals surface area (Å²) in [6.07, 6.45) is 2.52. The van der Waals surface area contributed by atoms with E-state index in [1.54, 1.807) is 0 Å². The number of hydrogen-bond acceptors (Lipinski definition) is 8. The number of ether oxygens (including phenoxy) is 2. The fourth-order valence-corrected chi connectivity index (χ4v) is 5.11. The van der Waals surface area contributed by atoms with Crippen molar-refractivity contribution in [3.05, 3.63) is 23.8 Å². The Bertz CT molecular complexity index is 841. The minimum Gasteiger partial charge on any atom is -0.492 e. The van der Waals surface area contributed by atoms with Crippen LogP contribution in [0.15, 0.2) is 18.2 Å². The van der Waals surface area contributed by atoms with Gasteiger partial charge in [-0.1, -0.05) is 0 Å². The van der Waals surface area contributed by atoms with Gasteiger partial charge in [0.2, 0.25) is 10.0 Å². The first kappa shape index (κ1) is 22.8. The Kier molecular flexibility index (Phi) is 7.64. The Morgan fingerprint density at radius 2 is 1.79 bits per heavy atom. The molecule has 1 aromatic carbocycles. The molecule has 0 unspecified atom stereocenters. The number of methoxy groups -OCH3 is 1. The third-order valence-corrected chi connectivity index (χ3v) is 7.88. The summed E-state index contributed by atoms with van der Waals surface area (Å²) in [5.74, 6) is -0.152. The van der Waals surface area contributed by atoms with Gasteiger partial charge < -0.3 is 18.5 Å². The van der Waals surface area contributed by atoms with Gasteiger partial charge in [-0.05, 0) is 37.0 Å². The van der Waals surface area contributed by atoms with Crippen molar-refractivity contribution in [3.8, 4) is 5.75 Å². The van der Waals surface area contributed by atoms with Crippen LogP contribution in [0.2, 0.25) is 0 Å². The molecule has 0 saturated carbocycles. The normalized spacial score (nSPS) is 16.7. The maximum atomic E-state index is 12.9. The second-order valence-corrected chi connectivity index (χ2v) is 10.6. The summed E-state index contributed by atoms with van der Waals surface area (Å²) >= 11 is 0. The van der Waals surface area contributed by atoms with Gasteiger partial charge in [-0.2, -0.15) is 0 Å². The Hall–Kier alpha value is -1.45. The van der Waals surface area contributed by atoms with Crippen LogP contribution < -0.4 is 10.0 Å². The van der Waals surface area contributed by atoms with E-state index >= 15 is 0 Å². The van der Waals surface area contributed by atoms with E-state index in [2.05, 4.69) is 0 Å². The van der Waals surface area contributed by atoms with E-state index in [1.807, 2.05) is 0 Å². The van der Waals surface area contributed by atoms with Gasteiger partial charge in [-0.15, -0.1) is 0 Å². The highest BCUT2D eigenvalue weighted by Gasteiger charge is 2.31. The van der Waals surface area contributed by atoms with Crippen molar-refractivity contribution in [2.45, 2.75) is 12.8 Å². The number of piperidine rings is 1. The predicted molar refractivity (Wildman–Crippen MR) is 104 cm³/mol. The van der Waals surface area contributed by atoms with Gasteiger partial charge in [0.25, 0.3) is 0 Å². The highest BCUT2D eigenvalue weighted by atomic mass is 32.2. The van der Waals surface area contributed by atoms with Crippen molar-refractivity contribution in [1.82, 2.24) is 4.31 Å².